The number of ether oxygens (including phenoxy) is 3. The fraction of sp³-hybridized carbons (Fsp3) is 0.951. The van der Waals surface area contributed by atoms with E-state index in [0.717, 1.165) is 63.7 Å². The molecule has 0 N–H and O–H groups in total. The van der Waals surface area contributed by atoms with Gasteiger partial charge in [-0.25, -0.2) is 0 Å². The Kier molecular flexibility index (Phi) is 54.0. The SMILES string of the molecule is CCCCCCCCCCCCCCCCCCCC(=O)OC[C@@H](COC(=O)CCCCCCCCCCCCC)OC(=O)CCCCCCCCCCCCCCCCCCCCC(C)C. The molecule has 0 aromatic carbocycles. The molecular formula is C61H118O6. The highest BCUT2D eigenvalue weighted by molar-refractivity contribution is 5.71. The van der Waals surface area contributed by atoms with E-state index in [1.807, 2.05) is 0 Å². The smallest absolute Gasteiger partial charge is 0.306 e. The Morgan fingerprint density at radius 3 is 0.731 bits per heavy atom. The van der Waals surface area contributed by atoms with E-state index in [4.69, 9.17) is 14.2 Å². The summed E-state index contributed by atoms with van der Waals surface area (Å²) in [5, 5.41) is 0. The van der Waals surface area contributed by atoms with E-state index in [9.17, 15) is 14.4 Å². The molecular weight excluding hydrogens is 829 g/mol. The normalized spacial score (nSPS) is 12.0. The minimum absolute atomic E-state index is 0.0615. The molecule has 1 atom stereocenters. The van der Waals surface area contributed by atoms with Crippen LogP contribution in [0.5, 0.6) is 0 Å². The average molecular weight is 948 g/mol. The van der Waals surface area contributed by atoms with Gasteiger partial charge in [-0.15, -0.1) is 0 Å². The van der Waals surface area contributed by atoms with Crippen molar-refractivity contribution in [1.82, 2.24) is 0 Å². The van der Waals surface area contributed by atoms with Crippen LogP contribution in [0.25, 0.3) is 0 Å². The van der Waals surface area contributed by atoms with Gasteiger partial charge in [-0.2, -0.15) is 0 Å². The molecule has 0 amide bonds. The second-order valence-electron chi connectivity index (χ2n) is 21.5. The molecule has 0 saturated carbocycles. The first-order chi connectivity index (χ1) is 32.9. The first kappa shape index (κ1) is 65.4. The van der Waals surface area contributed by atoms with E-state index in [1.165, 1.54) is 244 Å². The fourth-order valence-electron chi connectivity index (χ4n) is 9.46. The molecule has 0 fully saturated rings. The molecule has 0 spiro atoms. The van der Waals surface area contributed by atoms with Crippen LogP contribution < -0.4 is 0 Å². The number of hydrogen-bond acceptors (Lipinski definition) is 6. The quantitative estimate of drug-likeness (QED) is 0.0343. The van der Waals surface area contributed by atoms with Crippen LogP contribution in [0.4, 0.5) is 0 Å². The number of rotatable bonds is 56. The Morgan fingerprint density at radius 1 is 0.284 bits per heavy atom. The largest absolute Gasteiger partial charge is 0.462 e. The van der Waals surface area contributed by atoms with Crippen molar-refractivity contribution in [1.29, 1.82) is 0 Å². The van der Waals surface area contributed by atoms with Gasteiger partial charge in [0.2, 0.25) is 0 Å². The second kappa shape index (κ2) is 55.3. The van der Waals surface area contributed by atoms with Crippen LogP contribution in [0.2, 0.25) is 0 Å². The number of hydrogen-bond donors (Lipinski definition) is 0. The summed E-state index contributed by atoms with van der Waals surface area (Å²) in [5.74, 6) is 0.0256. The first-order valence-corrected chi connectivity index (χ1v) is 30.4. The van der Waals surface area contributed by atoms with E-state index in [-0.39, 0.29) is 31.1 Å². The third kappa shape index (κ3) is 55.2. The van der Waals surface area contributed by atoms with Gasteiger partial charge in [0.1, 0.15) is 13.2 Å². The van der Waals surface area contributed by atoms with Crippen LogP contribution in [0, 0.1) is 5.92 Å². The van der Waals surface area contributed by atoms with Crippen LogP contribution in [-0.2, 0) is 28.6 Å². The van der Waals surface area contributed by atoms with Crippen LogP contribution in [-0.4, -0.2) is 37.2 Å². The van der Waals surface area contributed by atoms with E-state index >= 15 is 0 Å². The highest BCUT2D eigenvalue weighted by Crippen LogP contribution is 2.18. The number of carbonyl (C=O) groups excluding carboxylic acids is 3. The standard InChI is InChI=1S/C61H118O6/c1-5-7-9-11-13-15-17-18-19-22-26-29-33-37-41-45-49-53-60(63)66-56-58(55-65-59(62)52-48-44-40-36-31-16-14-12-10-8-6-2)67-61(64)54-50-46-42-38-34-30-27-24-21-20-23-25-28-32-35-39-43-47-51-57(3)4/h57-58H,5-56H2,1-4H3/t58-/m1/s1. The highest BCUT2D eigenvalue weighted by atomic mass is 16.6. The second-order valence-corrected chi connectivity index (χ2v) is 21.5. The molecule has 0 saturated heterocycles. The maximum Gasteiger partial charge on any atom is 0.306 e. The summed E-state index contributed by atoms with van der Waals surface area (Å²) in [6.45, 7) is 9.08. The Bertz CT molecular complexity index is 1010. The molecule has 0 heterocycles. The zero-order valence-electron chi connectivity index (χ0n) is 45.9. The molecule has 6 nitrogen and oxygen atoms in total. The van der Waals surface area contributed by atoms with Crippen molar-refractivity contribution < 1.29 is 28.6 Å². The van der Waals surface area contributed by atoms with Gasteiger partial charge in [0.05, 0.1) is 0 Å². The van der Waals surface area contributed by atoms with Crippen LogP contribution >= 0.6 is 0 Å². The van der Waals surface area contributed by atoms with Crippen LogP contribution in [0.1, 0.15) is 349 Å². The van der Waals surface area contributed by atoms with Gasteiger partial charge < -0.3 is 14.2 Å². The molecule has 0 aromatic heterocycles. The average Bonchev–Trinajstić information content (AvgIpc) is 3.31. The van der Waals surface area contributed by atoms with Gasteiger partial charge in [0.15, 0.2) is 6.10 Å². The zero-order chi connectivity index (χ0) is 48.8. The summed E-state index contributed by atoms with van der Waals surface area (Å²) in [5.41, 5.74) is 0. The molecule has 0 aliphatic heterocycles. The predicted molar refractivity (Wildman–Crippen MR) is 289 cm³/mol. The lowest BCUT2D eigenvalue weighted by Gasteiger charge is -2.18. The van der Waals surface area contributed by atoms with Crippen molar-refractivity contribution in [3.05, 3.63) is 0 Å². The van der Waals surface area contributed by atoms with Gasteiger partial charge in [-0.3, -0.25) is 14.4 Å². The molecule has 0 rings (SSSR count). The Balaban J connectivity index is 4.22. The van der Waals surface area contributed by atoms with E-state index in [2.05, 4.69) is 27.7 Å². The lowest BCUT2D eigenvalue weighted by molar-refractivity contribution is -0.167. The van der Waals surface area contributed by atoms with Gasteiger partial charge in [-0.05, 0) is 25.2 Å². The molecule has 67 heavy (non-hydrogen) atoms. The van der Waals surface area contributed by atoms with Crippen LogP contribution in [0.3, 0.4) is 0 Å². The minimum atomic E-state index is -0.762. The summed E-state index contributed by atoms with van der Waals surface area (Å²) in [6, 6.07) is 0. The number of esters is 3. The molecule has 0 aliphatic carbocycles. The summed E-state index contributed by atoms with van der Waals surface area (Å²) in [7, 11) is 0. The van der Waals surface area contributed by atoms with E-state index in [0.29, 0.717) is 19.3 Å². The fourth-order valence-corrected chi connectivity index (χ4v) is 9.46. The van der Waals surface area contributed by atoms with Gasteiger partial charge in [0, 0.05) is 19.3 Å². The third-order valence-corrected chi connectivity index (χ3v) is 14.0. The van der Waals surface area contributed by atoms with Gasteiger partial charge in [-0.1, -0.05) is 310 Å². The topological polar surface area (TPSA) is 78.9 Å². The summed E-state index contributed by atoms with van der Waals surface area (Å²) >= 11 is 0. The van der Waals surface area contributed by atoms with E-state index in [1.54, 1.807) is 0 Å². The summed E-state index contributed by atoms with van der Waals surface area (Å²) < 4.78 is 16.9. The molecule has 0 aliphatic rings. The highest BCUT2D eigenvalue weighted by Gasteiger charge is 2.19. The Morgan fingerprint density at radius 2 is 0.493 bits per heavy atom. The molecule has 0 bridgehead atoms. The summed E-state index contributed by atoms with van der Waals surface area (Å²) in [6.07, 6.45) is 61.0. The maximum atomic E-state index is 12.9. The Labute approximate surface area is 418 Å². The molecule has 6 heteroatoms. The molecule has 0 aromatic rings. The molecule has 398 valence electrons. The lowest BCUT2D eigenvalue weighted by Crippen LogP contribution is -2.30. The first-order valence-electron chi connectivity index (χ1n) is 30.4. The van der Waals surface area contributed by atoms with Gasteiger partial charge >= 0.3 is 17.9 Å². The lowest BCUT2D eigenvalue weighted by atomic mass is 10.0. The summed E-state index contributed by atoms with van der Waals surface area (Å²) in [4.78, 5) is 38.2. The van der Waals surface area contributed by atoms with Crippen molar-refractivity contribution >= 4 is 17.9 Å². The van der Waals surface area contributed by atoms with Crippen LogP contribution in [0.15, 0.2) is 0 Å². The monoisotopic (exact) mass is 947 g/mol. The zero-order valence-corrected chi connectivity index (χ0v) is 45.9. The molecule has 0 radical (unpaired) electrons. The van der Waals surface area contributed by atoms with Gasteiger partial charge in [0.25, 0.3) is 0 Å². The maximum absolute atomic E-state index is 12.9. The number of carbonyl (C=O) groups is 3. The third-order valence-electron chi connectivity index (χ3n) is 14.0. The Hall–Kier alpha value is -1.59. The molecule has 0 unspecified atom stereocenters. The van der Waals surface area contributed by atoms with Crippen molar-refractivity contribution in [2.24, 2.45) is 5.92 Å². The number of unbranched alkanes of at least 4 members (excludes halogenated alkanes) is 43. The van der Waals surface area contributed by atoms with Crippen molar-refractivity contribution in [2.45, 2.75) is 355 Å². The van der Waals surface area contributed by atoms with Crippen molar-refractivity contribution in [3.63, 3.8) is 0 Å². The predicted octanol–water partition coefficient (Wildman–Crippen LogP) is 20.2. The minimum Gasteiger partial charge on any atom is -0.462 e. The van der Waals surface area contributed by atoms with Crippen molar-refractivity contribution in [2.75, 3.05) is 13.2 Å². The van der Waals surface area contributed by atoms with Crippen molar-refractivity contribution in [3.8, 4) is 0 Å². The van der Waals surface area contributed by atoms with E-state index < -0.39 is 6.10 Å².